The Balaban J connectivity index is 0.000000146. The van der Waals surface area contributed by atoms with Gasteiger partial charge in [-0.15, -0.1) is 0 Å². The van der Waals surface area contributed by atoms with Gasteiger partial charge >= 0.3 is 691 Å². The van der Waals surface area contributed by atoms with Crippen molar-refractivity contribution in [1.29, 1.82) is 0 Å². The van der Waals surface area contributed by atoms with Crippen LogP contribution < -0.4 is 0 Å². The fourth-order valence-electron chi connectivity index (χ4n) is 18.8. The van der Waals surface area contributed by atoms with Crippen molar-refractivity contribution in [2.45, 2.75) is 52.4 Å². The van der Waals surface area contributed by atoms with E-state index in [4.69, 9.17) is 0 Å². The van der Waals surface area contributed by atoms with E-state index in [0.717, 1.165) is 27.1 Å². The number of halogens is 2. The van der Waals surface area contributed by atoms with Crippen LogP contribution in [0.15, 0.2) is 364 Å². The molecule has 0 radical (unpaired) electrons. The van der Waals surface area contributed by atoms with Crippen LogP contribution in [0.5, 0.6) is 0 Å². The SMILES string of the molecule is CC(C)(C)c1cc(-c2c3ccccc3c(-c3cccc4c3[se]c3ccc(-c5c6ccccc6c(-c6ccccc6)c6ccccc56)cc34)c3ccccc23)cc(C(C)(C)C)c1.Fc1cccc(F)c1-c1c2ccccc2c(-c2cccc3c2[se]c2ccc(-c4c5ccccc5c(-c5ccccc5)c5ccccc45)cc23)c2ccccc12. The summed E-state index contributed by atoms with van der Waals surface area (Å²) in [4.78, 5) is 0. The van der Waals surface area contributed by atoms with E-state index in [0.29, 0.717) is 5.56 Å². The van der Waals surface area contributed by atoms with Gasteiger partial charge in [-0.05, 0) is 0 Å². The van der Waals surface area contributed by atoms with E-state index in [1.54, 1.807) is 0 Å². The Bertz CT molecular complexity index is 7520. The zero-order chi connectivity index (χ0) is 78.2. The molecule has 0 fully saturated rings. The fraction of sp³-hybridized carbons (Fsp3) is 0.0714. The minimum absolute atomic E-state index is 0.0146. The molecule has 0 saturated carbocycles. The molecule has 116 heavy (non-hydrogen) atoms. The number of hydrogen-bond acceptors (Lipinski definition) is 0. The molecule has 0 unspecified atom stereocenters. The number of hydrogen-bond donors (Lipinski definition) is 0. The van der Waals surface area contributed by atoms with E-state index >= 15 is 8.78 Å². The van der Waals surface area contributed by atoms with Crippen molar-refractivity contribution in [2.24, 2.45) is 0 Å². The van der Waals surface area contributed by atoms with E-state index in [1.807, 2.05) is 36.4 Å². The molecule has 22 rings (SSSR count). The number of benzene rings is 20. The molecule has 0 aliphatic rings. The summed E-state index contributed by atoms with van der Waals surface area (Å²) in [6, 6.07) is 131. The van der Waals surface area contributed by atoms with Crippen molar-refractivity contribution >= 4 is 154 Å². The van der Waals surface area contributed by atoms with E-state index < -0.39 is 11.6 Å². The second kappa shape index (κ2) is 28.1. The molecule has 20 aromatic carbocycles. The number of rotatable bonds is 8. The molecule has 2 aromatic heterocycles. The van der Waals surface area contributed by atoms with E-state index in [2.05, 4.69) is 351 Å². The Morgan fingerprint density at radius 3 is 0.733 bits per heavy atom. The van der Waals surface area contributed by atoms with Crippen LogP contribution >= 0.6 is 0 Å². The van der Waals surface area contributed by atoms with Gasteiger partial charge in [-0.1, -0.05) is 0 Å². The molecule has 0 spiro atoms. The minimum atomic E-state index is -0.562. The average Bonchev–Trinajstić information content (AvgIpc) is 1.29. The van der Waals surface area contributed by atoms with Gasteiger partial charge in [-0.25, -0.2) is 0 Å². The van der Waals surface area contributed by atoms with Crippen molar-refractivity contribution in [2.75, 3.05) is 0 Å². The predicted octanol–water partition coefficient (Wildman–Crippen LogP) is 31.5. The molecule has 0 nitrogen and oxygen atoms in total. The Morgan fingerprint density at radius 1 is 0.181 bits per heavy atom. The van der Waals surface area contributed by atoms with Crippen LogP contribution in [0.3, 0.4) is 0 Å². The molecule has 0 amide bonds. The third kappa shape index (κ3) is 11.7. The molecule has 552 valence electrons. The summed E-state index contributed by atoms with van der Waals surface area (Å²) in [6.45, 7) is 14.0. The first kappa shape index (κ1) is 71.2. The van der Waals surface area contributed by atoms with Crippen LogP contribution in [0, 0.1) is 11.6 Å². The van der Waals surface area contributed by atoms with E-state index in [-0.39, 0.29) is 45.4 Å². The van der Waals surface area contributed by atoms with Crippen LogP contribution in [0.4, 0.5) is 8.78 Å². The summed E-state index contributed by atoms with van der Waals surface area (Å²) in [6.07, 6.45) is 0. The Kier molecular flexibility index (Phi) is 17.3. The Labute approximate surface area is 685 Å². The van der Waals surface area contributed by atoms with Gasteiger partial charge in [0.25, 0.3) is 0 Å². The first-order chi connectivity index (χ1) is 56.7. The number of fused-ring (bicyclic) bond motifs is 14. The third-order valence-corrected chi connectivity index (χ3v) is 29.2. The van der Waals surface area contributed by atoms with Gasteiger partial charge in [-0.2, -0.15) is 0 Å². The van der Waals surface area contributed by atoms with Crippen LogP contribution in [0.2, 0.25) is 0 Å². The summed E-state index contributed by atoms with van der Waals surface area (Å²) >= 11 is 0.185. The first-order valence-corrected chi connectivity index (χ1v) is 43.5. The van der Waals surface area contributed by atoms with E-state index in [9.17, 15) is 0 Å². The summed E-state index contributed by atoms with van der Waals surface area (Å²) in [5.41, 5.74) is 21.1. The van der Waals surface area contributed by atoms with Crippen LogP contribution in [-0.4, -0.2) is 29.0 Å². The van der Waals surface area contributed by atoms with Crippen molar-refractivity contribution in [3.05, 3.63) is 387 Å². The maximum atomic E-state index is 15.5. The predicted molar refractivity (Wildman–Crippen MR) is 498 cm³/mol. The van der Waals surface area contributed by atoms with Crippen molar-refractivity contribution in [1.82, 2.24) is 0 Å². The standard InChI is InChI=1S/C60H48Se.C52H30F2Se/c1-59(2,3)40-33-39(34-41(36-40)60(4,5)6)56-46-25-14-16-27-48(46)57(49-28-17-15-26-47(49)56)51-30-18-29-50-52-35-38(31-32-53(52)61-58(50)51)55-44-23-12-10-21-42(44)54(37-19-8-7-9-20-37)43-22-11-13-24-45(43)55;53-44-26-13-27-45(54)51(44)50-39-22-10-8-20-37(39)49(38-21-9-11-23-40(38)50)42-25-12-24-41-43-30-32(28-29-46(43)55-52(41)42)48-35-18-6-4-16-33(35)47(31-14-2-1-3-15-31)34-17-5-7-19-36(34)48/h7-36H,1-6H3;1-30H. The van der Waals surface area contributed by atoms with Crippen LogP contribution in [-0.2, 0) is 10.8 Å². The van der Waals surface area contributed by atoms with Gasteiger partial charge < -0.3 is 0 Å². The molecule has 0 aliphatic carbocycles. The van der Waals surface area contributed by atoms with Crippen molar-refractivity contribution < 1.29 is 8.78 Å². The topological polar surface area (TPSA) is 0 Å². The molecule has 0 bridgehead atoms. The van der Waals surface area contributed by atoms with Gasteiger partial charge in [0.2, 0.25) is 0 Å². The molecule has 0 atom stereocenters. The second-order valence-corrected chi connectivity index (χ2v) is 37.4. The quantitative estimate of drug-likeness (QED) is 0.105. The normalized spacial score (nSPS) is 12.1. The van der Waals surface area contributed by atoms with Crippen LogP contribution in [0.1, 0.15) is 52.7 Å². The molecule has 4 heteroatoms. The van der Waals surface area contributed by atoms with Gasteiger partial charge in [0.15, 0.2) is 0 Å². The Morgan fingerprint density at radius 2 is 0.431 bits per heavy atom. The molecular formula is C112H78F2Se2. The molecule has 22 aromatic rings. The van der Waals surface area contributed by atoms with Crippen LogP contribution in [0.25, 0.3) is 214 Å². The third-order valence-electron chi connectivity index (χ3n) is 24.1. The molecule has 0 N–H and O–H groups in total. The monoisotopic (exact) mass is 1620 g/mol. The van der Waals surface area contributed by atoms with Crippen molar-refractivity contribution in [3.63, 3.8) is 0 Å². The van der Waals surface area contributed by atoms with E-state index in [1.165, 1.54) is 205 Å². The molecule has 0 aliphatic heterocycles. The summed E-state index contributed by atoms with van der Waals surface area (Å²) in [7, 11) is 0. The van der Waals surface area contributed by atoms with Crippen molar-refractivity contribution in [3.8, 4) is 89.0 Å². The average molecular weight is 1620 g/mol. The second-order valence-electron chi connectivity index (χ2n) is 33.0. The van der Waals surface area contributed by atoms with Gasteiger partial charge in [0, 0.05) is 0 Å². The molecular weight excluding hydrogens is 1540 g/mol. The summed E-state index contributed by atoms with van der Waals surface area (Å²) < 4.78 is 36.7. The fourth-order valence-corrected chi connectivity index (χ4v) is 23.9. The summed E-state index contributed by atoms with van der Waals surface area (Å²) in [5.74, 6) is -1.12. The maximum absolute atomic E-state index is 15.5. The van der Waals surface area contributed by atoms with Gasteiger partial charge in [-0.3, -0.25) is 0 Å². The van der Waals surface area contributed by atoms with Gasteiger partial charge in [0.1, 0.15) is 0 Å². The Hall–Kier alpha value is -12.6. The zero-order valence-electron chi connectivity index (χ0n) is 65.2. The first-order valence-electron chi connectivity index (χ1n) is 40.1. The summed E-state index contributed by atoms with van der Waals surface area (Å²) in [5, 5.41) is 24.3. The molecule has 2 heterocycles. The van der Waals surface area contributed by atoms with Gasteiger partial charge in [0.05, 0.1) is 0 Å². The zero-order valence-corrected chi connectivity index (χ0v) is 68.6. The molecule has 0 saturated heterocycles.